The summed E-state index contributed by atoms with van der Waals surface area (Å²) in [5, 5.41) is 12.5. The summed E-state index contributed by atoms with van der Waals surface area (Å²) in [6, 6.07) is 5.98. The predicted molar refractivity (Wildman–Crippen MR) is 86.0 cm³/mol. The Morgan fingerprint density at radius 2 is 2.00 bits per heavy atom. The van der Waals surface area contributed by atoms with Crippen LogP contribution in [-0.4, -0.2) is 31.5 Å². The Morgan fingerprint density at radius 1 is 1.19 bits per heavy atom. The molecule has 0 heterocycles. The van der Waals surface area contributed by atoms with Crippen LogP contribution in [0.1, 0.15) is 39.2 Å². The van der Waals surface area contributed by atoms with Gasteiger partial charge in [-0.05, 0) is 25.5 Å². The zero-order chi connectivity index (χ0) is 15.5. The lowest BCUT2D eigenvalue weighted by atomic mass is 10.1. The lowest BCUT2D eigenvalue weighted by Gasteiger charge is -2.16. The van der Waals surface area contributed by atoms with Crippen molar-refractivity contribution in [3.05, 3.63) is 23.8 Å². The fourth-order valence-electron chi connectivity index (χ4n) is 1.81. The van der Waals surface area contributed by atoms with Crippen molar-refractivity contribution in [3.8, 4) is 11.5 Å². The number of benzene rings is 1. The van der Waals surface area contributed by atoms with E-state index in [0.29, 0.717) is 13.2 Å². The van der Waals surface area contributed by atoms with Crippen LogP contribution < -0.4 is 14.8 Å². The first-order valence-electron chi connectivity index (χ1n) is 7.91. The number of aliphatic hydroxyl groups excluding tert-OH is 1. The molecule has 0 aromatic heterocycles. The van der Waals surface area contributed by atoms with E-state index in [1.165, 1.54) is 0 Å². The quantitative estimate of drug-likeness (QED) is 0.616. The van der Waals surface area contributed by atoms with E-state index < -0.39 is 0 Å². The lowest BCUT2D eigenvalue weighted by Crippen LogP contribution is -2.17. The van der Waals surface area contributed by atoms with Gasteiger partial charge >= 0.3 is 0 Å². The van der Waals surface area contributed by atoms with Crippen LogP contribution in [-0.2, 0) is 6.54 Å². The second-order valence-electron chi connectivity index (χ2n) is 5.39. The molecule has 1 aromatic carbocycles. The number of nitrogens with one attached hydrogen (secondary N) is 1. The number of ether oxygens (including phenoxy) is 2. The van der Waals surface area contributed by atoms with Crippen molar-refractivity contribution in [2.75, 3.05) is 26.4 Å². The molecule has 0 amide bonds. The molecule has 1 unspecified atom stereocenters. The van der Waals surface area contributed by atoms with Gasteiger partial charge in [-0.25, -0.2) is 0 Å². The molecule has 0 saturated carbocycles. The number of hydrogen-bond acceptors (Lipinski definition) is 4. The van der Waals surface area contributed by atoms with Gasteiger partial charge in [-0.15, -0.1) is 0 Å². The molecule has 0 aliphatic heterocycles. The summed E-state index contributed by atoms with van der Waals surface area (Å²) in [6.45, 7) is 9.32. The Balaban J connectivity index is 2.73. The van der Waals surface area contributed by atoms with Crippen molar-refractivity contribution in [1.82, 2.24) is 5.32 Å². The van der Waals surface area contributed by atoms with E-state index in [4.69, 9.17) is 14.6 Å². The van der Waals surface area contributed by atoms with Crippen LogP contribution in [0.3, 0.4) is 0 Å². The lowest BCUT2D eigenvalue weighted by molar-refractivity contribution is 0.173. The molecule has 4 nitrogen and oxygen atoms in total. The maximum Gasteiger partial charge on any atom is 0.127 e. The van der Waals surface area contributed by atoms with Gasteiger partial charge in [-0.1, -0.05) is 26.8 Å². The van der Waals surface area contributed by atoms with Crippen molar-refractivity contribution in [2.45, 2.75) is 40.2 Å². The van der Waals surface area contributed by atoms with E-state index in [9.17, 15) is 0 Å². The van der Waals surface area contributed by atoms with Gasteiger partial charge < -0.3 is 19.9 Å². The molecule has 4 heteroatoms. The predicted octanol–water partition coefficient (Wildman–Crippen LogP) is 2.98. The van der Waals surface area contributed by atoms with Crippen molar-refractivity contribution in [1.29, 1.82) is 0 Å². The van der Waals surface area contributed by atoms with Crippen molar-refractivity contribution in [2.24, 2.45) is 5.92 Å². The van der Waals surface area contributed by atoms with Crippen LogP contribution in [0.2, 0.25) is 0 Å². The second-order valence-corrected chi connectivity index (χ2v) is 5.39. The molecule has 21 heavy (non-hydrogen) atoms. The zero-order valence-corrected chi connectivity index (χ0v) is 13.5. The number of rotatable bonds is 11. The van der Waals surface area contributed by atoms with Crippen molar-refractivity contribution >= 4 is 0 Å². The Labute approximate surface area is 128 Å². The third-order valence-corrected chi connectivity index (χ3v) is 3.09. The highest BCUT2D eigenvalue weighted by Gasteiger charge is 2.08. The first-order chi connectivity index (χ1) is 10.2. The van der Waals surface area contributed by atoms with Gasteiger partial charge in [-0.3, -0.25) is 0 Å². The molecule has 0 aliphatic rings. The van der Waals surface area contributed by atoms with Crippen LogP contribution in [0.15, 0.2) is 18.2 Å². The summed E-state index contributed by atoms with van der Waals surface area (Å²) in [4.78, 5) is 0. The first-order valence-corrected chi connectivity index (χ1v) is 7.91. The summed E-state index contributed by atoms with van der Waals surface area (Å²) < 4.78 is 11.5. The van der Waals surface area contributed by atoms with E-state index in [-0.39, 0.29) is 12.5 Å². The van der Waals surface area contributed by atoms with E-state index in [0.717, 1.165) is 43.0 Å². The molecule has 0 spiro atoms. The smallest absolute Gasteiger partial charge is 0.127 e. The molecule has 120 valence electrons. The monoisotopic (exact) mass is 295 g/mol. The minimum Gasteiger partial charge on any atom is -0.493 e. The summed E-state index contributed by atoms with van der Waals surface area (Å²) in [5.74, 6) is 1.80. The van der Waals surface area contributed by atoms with Gasteiger partial charge in [0.25, 0.3) is 0 Å². The van der Waals surface area contributed by atoms with Crippen LogP contribution >= 0.6 is 0 Å². The highest BCUT2D eigenvalue weighted by atomic mass is 16.5. The van der Waals surface area contributed by atoms with Crippen LogP contribution in [0.5, 0.6) is 11.5 Å². The molecule has 0 fully saturated rings. The molecular formula is C17H29NO3. The fraction of sp³-hybridized carbons (Fsp3) is 0.647. The minimum atomic E-state index is 0.127. The van der Waals surface area contributed by atoms with Gasteiger partial charge in [0, 0.05) is 30.7 Å². The highest BCUT2D eigenvalue weighted by Crippen LogP contribution is 2.25. The number of aliphatic hydroxyl groups is 1. The highest BCUT2D eigenvalue weighted by molar-refractivity contribution is 5.40. The van der Waals surface area contributed by atoms with E-state index in [1.54, 1.807) is 0 Å². The zero-order valence-electron chi connectivity index (χ0n) is 13.5. The molecule has 2 N–H and O–H groups in total. The summed E-state index contributed by atoms with van der Waals surface area (Å²) in [5.41, 5.74) is 1.12. The molecule has 0 radical (unpaired) electrons. The maximum atomic E-state index is 9.11. The summed E-state index contributed by atoms with van der Waals surface area (Å²) >= 11 is 0. The average Bonchev–Trinajstić information content (AvgIpc) is 2.52. The standard InChI is InChI=1S/C17H29NO3/c1-4-8-18-11-15-6-7-16(20-9-5-2)10-17(15)21-13-14(3)12-19/h6-7,10,14,18-19H,4-5,8-9,11-13H2,1-3H3. The minimum absolute atomic E-state index is 0.127. The molecule has 1 atom stereocenters. The maximum absolute atomic E-state index is 9.11. The Morgan fingerprint density at radius 3 is 2.67 bits per heavy atom. The Kier molecular flexibility index (Phi) is 8.87. The normalized spacial score (nSPS) is 12.2. The van der Waals surface area contributed by atoms with E-state index >= 15 is 0 Å². The molecule has 0 bridgehead atoms. The van der Waals surface area contributed by atoms with Crippen LogP contribution in [0.25, 0.3) is 0 Å². The first kappa shape index (κ1) is 17.8. The SMILES string of the molecule is CCCNCc1ccc(OCCC)cc1OCC(C)CO. The molecule has 0 aliphatic carbocycles. The topological polar surface area (TPSA) is 50.7 Å². The summed E-state index contributed by atoms with van der Waals surface area (Å²) in [6.07, 6.45) is 2.09. The van der Waals surface area contributed by atoms with Crippen molar-refractivity contribution < 1.29 is 14.6 Å². The number of hydrogen-bond donors (Lipinski definition) is 2. The van der Waals surface area contributed by atoms with Crippen LogP contribution in [0.4, 0.5) is 0 Å². The second kappa shape index (κ2) is 10.5. The van der Waals surface area contributed by atoms with Gasteiger partial charge in [0.15, 0.2) is 0 Å². The van der Waals surface area contributed by atoms with Gasteiger partial charge in [0.05, 0.1) is 13.2 Å². The Hall–Kier alpha value is -1.26. The van der Waals surface area contributed by atoms with Gasteiger partial charge in [0.2, 0.25) is 0 Å². The van der Waals surface area contributed by atoms with E-state index in [1.807, 2.05) is 25.1 Å². The third-order valence-electron chi connectivity index (χ3n) is 3.09. The van der Waals surface area contributed by atoms with Crippen molar-refractivity contribution in [3.63, 3.8) is 0 Å². The molecule has 0 saturated heterocycles. The average molecular weight is 295 g/mol. The van der Waals surface area contributed by atoms with Gasteiger partial charge in [-0.2, -0.15) is 0 Å². The van der Waals surface area contributed by atoms with Crippen LogP contribution in [0, 0.1) is 5.92 Å². The third kappa shape index (κ3) is 6.82. The molecular weight excluding hydrogens is 266 g/mol. The summed E-state index contributed by atoms with van der Waals surface area (Å²) in [7, 11) is 0. The largest absolute Gasteiger partial charge is 0.493 e. The Bertz CT molecular complexity index is 396. The molecule has 1 rings (SSSR count). The molecule has 1 aromatic rings. The van der Waals surface area contributed by atoms with E-state index in [2.05, 4.69) is 19.2 Å². The fourth-order valence-corrected chi connectivity index (χ4v) is 1.81. The van der Waals surface area contributed by atoms with Gasteiger partial charge in [0.1, 0.15) is 11.5 Å².